The van der Waals surface area contributed by atoms with Crippen molar-refractivity contribution in [3.63, 3.8) is 0 Å². The number of aryl methyl sites for hydroxylation is 1. The maximum Gasteiger partial charge on any atom is 0.243 e. The molecule has 4 aliphatic carbocycles. The van der Waals surface area contributed by atoms with E-state index in [1.165, 1.54) is 18.5 Å². The van der Waals surface area contributed by atoms with E-state index in [1.807, 2.05) is 29.4 Å². The van der Waals surface area contributed by atoms with Gasteiger partial charge in [0.15, 0.2) is 0 Å². The number of anilines is 1. The van der Waals surface area contributed by atoms with Crippen LogP contribution < -0.4 is 4.90 Å². The lowest BCUT2D eigenvalue weighted by Gasteiger charge is -2.62. The minimum Gasteiger partial charge on any atom is -0.372 e. The standard InChI is InChI=1S/C29H40N2O2S/c1-5-30(6-2)27-12-10-23(11-13-27)20-31(34(32,33)28-9-7-8-21(3)14-28)29-17-24-15-25(18-29)22(4)26(16-24)19-29/h7-14,22,24-26H,5-6,15-20H2,1-4H3/t22?,24?,25-,26?,29?/m1/s1. The minimum absolute atomic E-state index is 0.247. The van der Waals surface area contributed by atoms with E-state index < -0.39 is 10.0 Å². The molecular formula is C29H40N2O2S. The quantitative estimate of drug-likeness (QED) is 0.449. The first-order valence-corrected chi connectivity index (χ1v) is 14.6. The third-order valence-corrected chi connectivity index (χ3v) is 11.2. The van der Waals surface area contributed by atoms with Crippen molar-refractivity contribution in [2.75, 3.05) is 18.0 Å². The summed E-state index contributed by atoms with van der Waals surface area (Å²) in [5.41, 5.74) is 3.02. The Morgan fingerprint density at radius 1 is 0.941 bits per heavy atom. The highest BCUT2D eigenvalue weighted by Gasteiger charge is 2.58. The van der Waals surface area contributed by atoms with Gasteiger partial charge in [0.25, 0.3) is 0 Å². The van der Waals surface area contributed by atoms with Crippen LogP contribution >= 0.6 is 0 Å². The fourth-order valence-electron chi connectivity index (χ4n) is 7.52. The summed E-state index contributed by atoms with van der Waals surface area (Å²) in [6.45, 7) is 11.1. The lowest BCUT2D eigenvalue weighted by molar-refractivity contribution is -0.0916. The Kier molecular flexibility index (Phi) is 6.31. The van der Waals surface area contributed by atoms with Gasteiger partial charge in [0.2, 0.25) is 10.0 Å². The molecule has 0 radical (unpaired) electrons. The van der Waals surface area contributed by atoms with Crippen LogP contribution in [0.2, 0.25) is 0 Å². The maximum atomic E-state index is 14.3. The summed E-state index contributed by atoms with van der Waals surface area (Å²) in [5.74, 6) is 2.72. The second-order valence-corrected chi connectivity index (χ2v) is 13.1. The molecule has 4 unspecified atom stereocenters. The highest BCUT2D eigenvalue weighted by molar-refractivity contribution is 7.89. The van der Waals surface area contributed by atoms with Gasteiger partial charge in [-0.2, -0.15) is 4.31 Å². The Balaban J connectivity index is 1.53. The van der Waals surface area contributed by atoms with Gasteiger partial charge in [0, 0.05) is 30.9 Å². The lowest BCUT2D eigenvalue weighted by Crippen LogP contribution is -2.63. The molecule has 34 heavy (non-hydrogen) atoms. The Hall–Kier alpha value is -1.85. The van der Waals surface area contributed by atoms with Crippen LogP contribution in [0.4, 0.5) is 5.69 Å². The molecule has 4 fully saturated rings. The van der Waals surface area contributed by atoms with Gasteiger partial charge >= 0.3 is 0 Å². The molecule has 4 nitrogen and oxygen atoms in total. The zero-order valence-corrected chi connectivity index (χ0v) is 22.0. The van der Waals surface area contributed by atoms with E-state index in [4.69, 9.17) is 0 Å². The van der Waals surface area contributed by atoms with E-state index in [-0.39, 0.29) is 5.54 Å². The highest BCUT2D eigenvalue weighted by atomic mass is 32.2. The number of hydrogen-bond acceptors (Lipinski definition) is 3. The van der Waals surface area contributed by atoms with Gasteiger partial charge in [-0.15, -0.1) is 0 Å². The molecule has 0 heterocycles. The summed E-state index contributed by atoms with van der Waals surface area (Å²) < 4.78 is 30.5. The van der Waals surface area contributed by atoms with Gasteiger partial charge < -0.3 is 4.90 Å². The molecule has 5 heteroatoms. The largest absolute Gasteiger partial charge is 0.372 e. The number of sulfonamides is 1. The third kappa shape index (κ3) is 4.09. The summed E-state index contributed by atoms with van der Waals surface area (Å²) in [7, 11) is -3.61. The number of benzene rings is 2. The Morgan fingerprint density at radius 2 is 1.59 bits per heavy atom. The van der Waals surface area contributed by atoms with Crippen molar-refractivity contribution in [2.45, 2.75) is 76.8 Å². The molecule has 4 saturated carbocycles. The smallest absolute Gasteiger partial charge is 0.243 e. The molecule has 184 valence electrons. The molecule has 4 bridgehead atoms. The summed E-state index contributed by atoms with van der Waals surface area (Å²) in [5, 5.41) is 0. The first-order chi connectivity index (χ1) is 16.3. The average molecular weight is 481 g/mol. The lowest BCUT2D eigenvalue weighted by atomic mass is 9.49. The SMILES string of the molecule is CCN(CC)c1ccc(CN(C23CC4CC(C2)C(C)[C@H](C4)C3)S(=O)(=O)c2cccc(C)c2)cc1. The third-order valence-electron chi connectivity index (χ3n) is 9.21. The van der Waals surface area contributed by atoms with Crippen LogP contribution in [-0.2, 0) is 16.6 Å². The Morgan fingerprint density at radius 3 is 2.18 bits per heavy atom. The van der Waals surface area contributed by atoms with Gasteiger partial charge in [-0.3, -0.25) is 0 Å². The number of rotatable bonds is 8. The predicted octanol–water partition coefficient (Wildman–Crippen LogP) is 6.25. The molecule has 0 N–H and O–H groups in total. The molecule has 2 aromatic carbocycles. The molecule has 2 aromatic rings. The van der Waals surface area contributed by atoms with Crippen molar-refractivity contribution in [1.82, 2.24) is 4.31 Å². The zero-order chi connectivity index (χ0) is 24.1. The average Bonchev–Trinajstić information content (AvgIpc) is 2.82. The molecule has 0 aromatic heterocycles. The van der Waals surface area contributed by atoms with Gasteiger partial charge in [-0.05, 0) is 112 Å². The first-order valence-electron chi connectivity index (χ1n) is 13.2. The number of hydrogen-bond donors (Lipinski definition) is 0. The number of nitrogens with zero attached hydrogens (tertiary/aromatic N) is 2. The molecule has 0 aliphatic heterocycles. The van der Waals surface area contributed by atoms with Gasteiger partial charge in [-0.1, -0.05) is 31.2 Å². The summed E-state index contributed by atoms with van der Waals surface area (Å²) in [4.78, 5) is 2.77. The first kappa shape index (κ1) is 23.9. The second-order valence-electron chi connectivity index (χ2n) is 11.2. The van der Waals surface area contributed by atoms with Crippen molar-refractivity contribution in [2.24, 2.45) is 23.7 Å². The van der Waals surface area contributed by atoms with Crippen LogP contribution in [0.15, 0.2) is 53.4 Å². The molecule has 0 spiro atoms. The normalized spacial score (nSPS) is 30.1. The van der Waals surface area contributed by atoms with E-state index in [2.05, 4.69) is 49.9 Å². The van der Waals surface area contributed by atoms with Crippen molar-refractivity contribution in [3.05, 3.63) is 59.7 Å². The van der Waals surface area contributed by atoms with E-state index in [9.17, 15) is 8.42 Å². The molecule has 5 atom stereocenters. The summed E-state index contributed by atoms with van der Waals surface area (Å²) in [6, 6.07) is 16.0. The van der Waals surface area contributed by atoms with Crippen molar-refractivity contribution in [1.29, 1.82) is 0 Å². The maximum absolute atomic E-state index is 14.3. The highest BCUT2D eigenvalue weighted by Crippen LogP contribution is 2.61. The van der Waals surface area contributed by atoms with Crippen LogP contribution in [0.25, 0.3) is 0 Å². The molecule has 0 amide bonds. The van der Waals surface area contributed by atoms with Gasteiger partial charge in [0.05, 0.1) is 4.90 Å². The van der Waals surface area contributed by atoms with Crippen LogP contribution in [0.1, 0.15) is 64.0 Å². The Labute approximate surface area is 206 Å². The fraction of sp³-hybridized carbons (Fsp3) is 0.586. The van der Waals surface area contributed by atoms with Gasteiger partial charge in [0.1, 0.15) is 0 Å². The van der Waals surface area contributed by atoms with Crippen LogP contribution in [0.3, 0.4) is 0 Å². The van der Waals surface area contributed by atoms with Crippen LogP contribution in [-0.4, -0.2) is 31.4 Å². The molecule has 6 rings (SSSR count). The summed E-state index contributed by atoms with van der Waals surface area (Å²) >= 11 is 0. The second kappa shape index (κ2) is 8.98. The predicted molar refractivity (Wildman–Crippen MR) is 139 cm³/mol. The van der Waals surface area contributed by atoms with Crippen LogP contribution in [0, 0.1) is 30.6 Å². The van der Waals surface area contributed by atoms with E-state index >= 15 is 0 Å². The molecular weight excluding hydrogens is 440 g/mol. The van der Waals surface area contributed by atoms with Gasteiger partial charge in [-0.25, -0.2) is 8.42 Å². The van der Waals surface area contributed by atoms with E-state index in [0.29, 0.717) is 29.2 Å². The summed E-state index contributed by atoms with van der Waals surface area (Å²) in [6.07, 6.45) is 5.63. The van der Waals surface area contributed by atoms with E-state index in [0.717, 1.165) is 49.4 Å². The Bertz CT molecular complexity index is 1110. The van der Waals surface area contributed by atoms with E-state index in [1.54, 1.807) is 6.07 Å². The monoisotopic (exact) mass is 480 g/mol. The minimum atomic E-state index is -3.61. The molecule has 4 aliphatic rings. The molecule has 0 saturated heterocycles. The topological polar surface area (TPSA) is 40.6 Å². The van der Waals surface area contributed by atoms with Crippen molar-refractivity contribution < 1.29 is 8.42 Å². The zero-order valence-electron chi connectivity index (χ0n) is 21.2. The van der Waals surface area contributed by atoms with Crippen LogP contribution in [0.5, 0.6) is 0 Å². The van der Waals surface area contributed by atoms with Crippen molar-refractivity contribution >= 4 is 15.7 Å². The fourth-order valence-corrected chi connectivity index (χ4v) is 9.41. The van der Waals surface area contributed by atoms with Crippen molar-refractivity contribution in [3.8, 4) is 0 Å².